The highest BCUT2D eigenvalue weighted by Crippen LogP contribution is 2.27. The lowest BCUT2D eigenvalue weighted by Gasteiger charge is -2.14. The minimum Gasteiger partial charge on any atom is -0.392 e. The Morgan fingerprint density at radius 3 is 2.40 bits per heavy atom. The summed E-state index contributed by atoms with van der Waals surface area (Å²) in [7, 11) is 0. The molecular weight excluding hydrogens is 237 g/mol. The third kappa shape index (κ3) is 3.63. The van der Waals surface area contributed by atoms with Crippen molar-refractivity contribution in [1.82, 2.24) is 0 Å². The van der Waals surface area contributed by atoms with E-state index in [1.54, 1.807) is 18.2 Å². The highest BCUT2D eigenvalue weighted by Gasteiger charge is 2.13. The van der Waals surface area contributed by atoms with Gasteiger partial charge in [0.15, 0.2) is 0 Å². The largest absolute Gasteiger partial charge is 0.392 e. The van der Waals surface area contributed by atoms with Crippen LogP contribution in [0, 0.1) is 0 Å². The van der Waals surface area contributed by atoms with Crippen LogP contribution in [0.15, 0.2) is 18.2 Å². The Kier molecular flexibility index (Phi) is 4.83. The van der Waals surface area contributed by atoms with Gasteiger partial charge in [-0.3, -0.25) is 0 Å². The molecule has 0 bridgehead atoms. The molecular formula is C10H13Cl2NO2. The van der Waals surface area contributed by atoms with Crippen LogP contribution in [0.3, 0.4) is 0 Å². The number of rotatable bonds is 4. The van der Waals surface area contributed by atoms with Gasteiger partial charge in [0, 0.05) is 13.0 Å². The van der Waals surface area contributed by atoms with Gasteiger partial charge in [0.1, 0.15) is 0 Å². The molecule has 0 saturated carbocycles. The molecule has 0 aliphatic carbocycles. The molecule has 0 spiro atoms. The van der Waals surface area contributed by atoms with E-state index in [1.807, 2.05) is 0 Å². The molecule has 0 amide bonds. The summed E-state index contributed by atoms with van der Waals surface area (Å²) in [5.41, 5.74) is 5.87. The van der Waals surface area contributed by atoms with Gasteiger partial charge in [-0.1, -0.05) is 29.3 Å². The quantitative estimate of drug-likeness (QED) is 0.762. The number of nitrogens with two attached hydrogens (primary N) is 1. The molecule has 3 nitrogen and oxygen atoms in total. The number of halogens is 2. The Hall–Kier alpha value is -0.320. The first-order valence-corrected chi connectivity index (χ1v) is 5.31. The molecule has 0 saturated heterocycles. The van der Waals surface area contributed by atoms with E-state index in [0.717, 1.165) is 0 Å². The second-order valence-corrected chi connectivity index (χ2v) is 4.13. The van der Waals surface area contributed by atoms with Crippen molar-refractivity contribution in [2.75, 3.05) is 6.54 Å². The molecule has 0 aliphatic rings. The van der Waals surface area contributed by atoms with Gasteiger partial charge in [0.2, 0.25) is 0 Å². The molecule has 4 N–H and O–H groups in total. The smallest absolute Gasteiger partial charge is 0.0815 e. The van der Waals surface area contributed by atoms with Gasteiger partial charge in [-0.15, -0.1) is 0 Å². The average Bonchev–Trinajstić information content (AvgIpc) is 2.21. The van der Waals surface area contributed by atoms with Crippen LogP contribution in [0.1, 0.15) is 18.1 Å². The number of hydrogen-bond acceptors (Lipinski definition) is 3. The van der Waals surface area contributed by atoms with E-state index in [4.69, 9.17) is 28.9 Å². The van der Waals surface area contributed by atoms with E-state index in [0.29, 0.717) is 15.6 Å². The summed E-state index contributed by atoms with van der Waals surface area (Å²) in [5, 5.41) is 19.8. The Balaban J connectivity index is 2.73. The third-order valence-corrected chi connectivity index (χ3v) is 2.83. The molecule has 1 rings (SSSR count). The lowest BCUT2D eigenvalue weighted by atomic mass is 10.0. The molecule has 1 aromatic rings. The maximum absolute atomic E-state index is 9.72. The van der Waals surface area contributed by atoms with Crippen molar-refractivity contribution in [1.29, 1.82) is 0 Å². The molecule has 5 heteroatoms. The van der Waals surface area contributed by atoms with Crippen molar-refractivity contribution in [3.63, 3.8) is 0 Å². The fraction of sp³-hybridized carbons (Fsp3) is 0.400. The number of aliphatic hydroxyl groups excluding tert-OH is 2. The first kappa shape index (κ1) is 12.7. The van der Waals surface area contributed by atoms with Crippen LogP contribution in [0.25, 0.3) is 0 Å². The standard InChI is InChI=1S/C10H13Cl2NO2/c11-8-2-1-6(3-9(8)12)10(15)4-7(14)5-13/h1-3,7,10,14-15H,4-5,13H2. The van der Waals surface area contributed by atoms with Gasteiger partial charge in [-0.05, 0) is 17.7 Å². The normalized spacial score (nSPS) is 15.0. The molecule has 2 atom stereocenters. The summed E-state index contributed by atoms with van der Waals surface area (Å²) in [4.78, 5) is 0. The van der Waals surface area contributed by atoms with E-state index < -0.39 is 12.2 Å². The summed E-state index contributed by atoms with van der Waals surface area (Å²) >= 11 is 11.5. The maximum atomic E-state index is 9.72. The van der Waals surface area contributed by atoms with Gasteiger partial charge < -0.3 is 15.9 Å². The van der Waals surface area contributed by atoms with Gasteiger partial charge in [0.25, 0.3) is 0 Å². The Labute approximate surface area is 98.4 Å². The van der Waals surface area contributed by atoms with Gasteiger partial charge >= 0.3 is 0 Å². The molecule has 84 valence electrons. The highest BCUT2D eigenvalue weighted by atomic mass is 35.5. The fourth-order valence-electron chi connectivity index (χ4n) is 1.21. The fourth-order valence-corrected chi connectivity index (χ4v) is 1.52. The first-order chi connectivity index (χ1) is 7.04. The molecule has 15 heavy (non-hydrogen) atoms. The third-order valence-electron chi connectivity index (χ3n) is 2.10. The van der Waals surface area contributed by atoms with E-state index in [1.165, 1.54) is 0 Å². The zero-order valence-electron chi connectivity index (χ0n) is 8.03. The molecule has 0 aliphatic heterocycles. The predicted octanol–water partition coefficient (Wildman–Crippen LogP) is 1.74. The van der Waals surface area contributed by atoms with E-state index in [-0.39, 0.29) is 13.0 Å². The van der Waals surface area contributed by atoms with E-state index >= 15 is 0 Å². The van der Waals surface area contributed by atoms with Gasteiger partial charge in [0.05, 0.1) is 22.3 Å². The minimum absolute atomic E-state index is 0.123. The zero-order chi connectivity index (χ0) is 11.4. The summed E-state index contributed by atoms with van der Waals surface area (Å²) in [6.45, 7) is 0.123. The lowest BCUT2D eigenvalue weighted by molar-refractivity contribution is 0.0851. The Bertz CT molecular complexity index is 333. The lowest BCUT2D eigenvalue weighted by Crippen LogP contribution is -2.22. The van der Waals surface area contributed by atoms with Crippen LogP contribution >= 0.6 is 23.2 Å². The van der Waals surface area contributed by atoms with Crippen molar-refractivity contribution >= 4 is 23.2 Å². The number of hydrogen-bond donors (Lipinski definition) is 3. The van der Waals surface area contributed by atoms with E-state index in [2.05, 4.69) is 0 Å². The molecule has 0 aromatic heterocycles. The van der Waals surface area contributed by atoms with Gasteiger partial charge in [-0.25, -0.2) is 0 Å². The number of benzene rings is 1. The second kappa shape index (κ2) is 5.68. The molecule has 1 aromatic carbocycles. The van der Waals surface area contributed by atoms with Crippen molar-refractivity contribution in [3.05, 3.63) is 33.8 Å². The molecule has 2 unspecified atom stereocenters. The molecule has 0 heterocycles. The molecule has 0 radical (unpaired) electrons. The van der Waals surface area contributed by atoms with Gasteiger partial charge in [-0.2, -0.15) is 0 Å². The summed E-state index contributed by atoms with van der Waals surface area (Å²) < 4.78 is 0. The monoisotopic (exact) mass is 249 g/mol. The average molecular weight is 250 g/mol. The number of aliphatic hydroxyl groups is 2. The second-order valence-electron chi connectivity index (χ2n) is 3.31. The summed E-state index contributed by atoms with van der Waals surface area (Å²) in [5.74, 6) is 0. The summed E-state index contributed by atoms with van der Waals surface area (Å²) in [6.07, 6.45) is -1.30. The van der Waals surface area contributed by atoms with Crippen molar-refractivity contribution < 1.29 is 10.2 Å². The van der Waals surface area contributed by atoms with Crippen LogP contribution in [0.2, 0.25) is 10.0 Å². The minimum atomic E-state index is -0.779. The topological polar surface area (TPSA) is 66.5 Å². The van der Waals surface area contributed by atoms with Crippen molar-refractivity contribution in [2.24, 2.45) is 5.73 Å². The van der Waals surface area contributed by atoms with Crippen LogP contribution in [-0.4, -0.2) is 22.9 Å². The van der Waals surface area contributed by atoms with E-state index in [9.17, 15) is 10.2 Å². The van der Waals surface area contributed by atoms with Crippen molar-refractivity contribution in [2.45, 2.75) is 18.6 Å². The SMILES string of the molecule is NCC(O)CC(O)c1ccc(Cl)c(Cl)c1. The predicted molar refractivity (Wildman–Crippen MR) is 61.1 cm³/mol. The maximum Gasteiger partial charge on any atom is 0.0815 e. The first-order valence-electron chi connectivity index (χ1n) is 4.55. The van der Waals surface area contributed by atoms with Crippen LogP contribution < -0.4 is 5.73 Å². The highest BCUT2D eigenvalue weighted by molar-refractivity contribution is 6.42. The van der Waals surface area contributed by atoms with Crippen LogP contribution in [0.4, 0.5) is 0 Å². The van der Waals surface area contributed by atoms with Crippen molar-refractivity contribution in [3.8, 4) is 0 Å². The Morgan fingerprint density at radius 2 is 1.87 bits per heavy atom. The van der Waals surface area contributed by atoms with Crippen LogP contribution in [-0.2, 0) is 0 Å². The summed E-state index contributed by atoms with van der Waals surface area (Å²) in [6, 6.07) is 4.86. The molecule has 0 fully saturated rings. The zero-order valence-corrected chi connectivity index (χ0v) is 9.54. The van der Waals surface area contributed by atoms with Crippen LogP contribution in [0.5, 0.6) is 0 Å². The Morgan fingerprint density at radius 1 is 1.20 bits per heavy atom.